The Labute approximate surface area is 166 Å². The van der Waals surface area contributed by atoms with Crippen molar-refractivity contribution in [1.29, 1.82) is 0 Å². The van der Waals surface area contributed by atoms with Crippen molar-refractivity contribution in [2.75, 3.05) is 26.2 Å². The van der Waals surface area contributed by atoms with Crippen LogP contribution in [-0.4, -0.2) is 41.3 Å². The molecule has 0 radical (unpaired) electrons. The predicted octanol–water partition coefficient (Wildman–Crippen LogP) is 4.62. The van der Waals surface area contributed by atoms with E-state index in [1.165, 1.54) is 6.07 Å². The summed E-state index contributed by atoms with van der Waals surface area (Å²) < 4.78 is 49.8. The van der Waals surface area contributed by atoms with E-state index in [4.69, 9.17) is 9.26 Å². The van der Waals surface area contributed by atoms with Crippen LogP contribution in [0.2, 0.25) is 0 Å². The molecule has 0 spiro atoms. The molecule has 1 aliphatic rings. The lowest BCUT2D eigenvalue weighted by Crippen LogP contribution is -2.26. The lowest BCUT2D eigenvalue weighted by molar-refractivity contribution is -0.137. The summed E-state index contributed by atoms with van der Waals surface area (Å²) in [5.41, 5.74) is -0.437. The molecule has 0 saturated carbocycles. The molecule has 4 rings (SSSR count). The largest absolute Gasteiger partial charge is 0.492 e. The van der Waals surface area contributed by atoms with Crippen LogP contribution in [0.1, 0.15) is 23.8 Å². The van der Waals surface area contributed by atoms with Gasteiger partial charge in [-0.05, 0) is 37.2 Å². The van der Waals surface area contributed by atoms with Crippen LogP contribution in [0.25, 0.3) is 11.4 Å². The molecule has 1 saturated heterocycles. The van der Waals surface area contributed by atoms with Crippen molar-refractivity contribution in [1.82, 2.24) is 15.0 Å². The molecule has 152 valence electrons. The van der Waals surface area contributed by atoms with Gasteiger partial charge in [0.1, 0.15) is 12.4 Å². The Morgan fingerprint density at radius 3 is 2.72 bits per heavy atom. The fraction of sp³-hybridized carbons (Fsp3) is 0.333. The molecule has 0 bridgehead atoms. The SMILES string of the molecule is FC(F)(F)c1cccc(-c2noc([C@H]3CCN(CCOc4ccccc4)C3)n2)c1. The number of ether oxygens (including phenoxy) is 1. The number of nitrogens with zero attached hydrogens (tertiary/aromatic N) is 3. The number of hydrogen-bond donors (Lipinski definition) is 0. The van der Waals surface area contributed by atoms with Crippen molar-refractivity contribution < 1.29 is 22.4 Å². The van der Waals surface area contributed by atoms with Crippen LogP contribution in [-0.2, 0) is 6.18 Å². The average Bonchev–Trinajstić information content (AvgIpc) is 3.38. The summed E-state index contributed by atoms with van der Waals surface area (Å²) in [6.07, 6.45) is -3.55. The van der Waals surface area contributed by atoms with Crippen molar-refractivity contribution in [3.8, 4) is 17.1 Å². The van der Waals surface area contributed by atoms with Gasteiger partial charge >= 0.3 is 6.18 Å². The average molecular weight is 403 g/mol. The van der Waals surface area contributed by atoms with Crippen LogP contribution in [0.4, 0.5) is 13.2 Å². The molecule has 3 aromatic rings. The minimum absolute atomic E-state index is 0.0683. The zero-order valence-electron chi connectivity index (χ0n) is 15.6. The highest BCUT2D eigenvalue weighted by Gasteiger charge is 2.31. The summed E-state index contributed by atoms with van der Waals surface area (Å²) >= 11 is 0. The van der Waals surface area contributed by atoms with Crippen LogP contribution in [0.3, 0.4) is 0 Å². The number of hydrogen-bond acceptors (Lipinski definition) is 5. The first-order chi connectivity index (χ1) is 14.0. The summed E-state index contributed by atoms with van der Waals surface area (Å²) in [5.74, 6) is 1.55. The monoisotopic (exact) mass is 403 g/mol. The van der Waals surface area contributed by atoms with Gasteiger partial charge in [-0.25, -0.2) is 0 Å². The quantitative estimate of drug-likeness (QED) is 0.601. The van der Waals surface area contributed by atoms with Gasteiger partial charge in [0.25, 0.3) is 0 Å². The van der Waals surface area contributed by atoms with Gasteiger partial charge in [0.15, 0.2) is 0 Å². The molecule has 2 aromatic carbocycles. The van der Waals surface area contributed by atoms with Crippen LogP contribution in [0.15, 0.2) is 59.1 Å². The maximum absolute atomic E-state index is 12.9. The molecule has 5 nitrogen and oxygen atoms in total. The van der Waals surface area contributed by atoms with E-state index in [9.17, 15) is 13.2 Å². The maximum atomic E-state index is 12.9. The standard InChI is InChI=1S/C21H20F3N3O2/c22-21(23,24)17-6-4-5-15(13-17)19-25-20(29-26-19)16-9-10-27(14-16)11-12-28-18-7-2-1-3-8-18/h1-8,13,16H,9-12,14H2/t16-/m0/s1. The molecule has 1 aliphatic heterocycles. The van der Waals surface area contributed by atoms with Gasteiger partial charge < -0.3 is 9.26 Å². The molecule has 29 heavy (non-hydrogen) atoms. The molecule has 1 fully saturated rings. The summed E-state index contributed by atoms with van der Waals surface area (Å²) in [6, 6.07) is 14.6. The summed E-state index contributed by atoms with van der Waals surface area (Å²) in [5, 5.41) is 3.88. The van der Waals surface area contributed by atoms with E-state index in [-0.39, 0.29) is 11.7 Å². The second-order valence-corrected chi connectivity index (χ2v) is 6.98. The highest BCUT2D eigenvalue weighted by molar-refractivity contribution is 5.55. The molecular weight excluding hydrogens is 383 g/mol. The third kappa shape index (κ3) is 4.76. The zero-order valence-corrected chi connectivity index (χ0v) is 15.6. The lowest BCUT2D eigenvalue weighted by atomic mass is 10.1. The van der Waals surface area contributed by atoms with Gasteiger partial charge in [0.05, 0.1) is 11.5 Å². The van der Waals surface area contributed by atoms with Gasteiger partial charge in [0, 0.05) is 18.7 Å². The number of benzene rings is 2. The fourth-order valence-corrected chi connectivity index (χ4v) is 3.40. The van der Waals surface area contributed by atoms with Crippen molar-refractivity contribution >= 4 is 0 Å². The van der Waals surface area contributed by atoms with E-state index in [1.807, 2.05) is 30.3 Å². The first kappa shape index (κ1) is 19.4. The van der Waals surface area contributed by atoms with E-state index >= 15 is 0 Å². The smallest absolute Gasteiger partial charge is 0.416 e. The van der Waals surface area contributed by atoms with Crippen LogP contribution in [0, 0.1) is 0 Å². The molecule has 1 aromatic heterocycles. The number of likely N-dealkylation sites (tertiary alicyclic amines) is 1. The normalized spacial score (nSPS) is 17.6. The van der Waals surface area contributed by atoms with Gasteiger partial charge in [-0.2, -0.15) is 18.2 Å². The van der Waals surface area contributed by atoms with Gasteiger partial charge in [-0.3, -0.25) is 4.90 Å². The minimum atomic E-state index is -4.41. The van der Waals surface area contributed by atoms with Crippen LogP contribution >= 0.6 is 0 Å². The van der Waals surface area contributed by atoms with Crippen LogP contribution < -0.4 is 4.74 Å². The molecule has 0 aliphatic carbocycles. The Kier molecular flexibility index (Phi) is 5.53. The Bertz CT molecular complexity index is 944. The first-order valence-corrected chi connectivity index (χ1v) is 9.40. The third-order valence-corrected chi connectivity index (χ3v) is 4.93. The minimum Gasteiger partial charge on any atom is -0.492 e. The second-order valence-electron chi connectivity index (χ2n) is 6.98. The van der Waals surface area contributed by atoms with Crippen molar-refractivity contribution in [3.63, 3.8) is 0 Å². The van der Waals surface area contributed by atoms with Crippen molar-refractivity contribution in [2.24, 2.45) is 0 Å². The van der Waals surface area contributed by atoms with Gasteiger partial charge in [-0.15, -0.1) is 0 Å². The zero-order chi connectivity index (χ0) is 20.3. The molecular formula is C21H20F3N3O2. The summed E-state index contributed by atoms with van der Waals surface area (Å²) in [4.78, 5) is 6.60. The number of alkyl halides is 3. The maximum Gasteiger partial charge on any atom is 0.416 e. The highest BCUT2D eigenvalue weighted by atomic mass is 19.4. The summed E-state index contributed by atoms with van der Waals surface area (Å²) in [6.45, 7) is 2.99. The topological polar surface area (TPSA) is 51.4 Å². The Balaban J connectivity index is 1.34. The second kappa shape index (κ2) is 8.24. The van der Waals surface area contributed by atoms with E-state index < -0.39 is 11.7 Å². The Morgan fingerprint density at radius 2 is 1.93 bits per heavy atom. The fourth-order valence-electron chi connectivity index (χ4n) is 3.40. The third-order valence-electron chi connectivity index (χ3n) is 4.93. The molecule has 1 atom stereocenters. The first-order valence-electron chi connectivity index (χ1n) is 9.40. The Hall–Kier alpha value is -2.87. The Morgan fingerprint density at radius 1 is 1.10 bits per heavy atom. The molecule has 2 heterocycles. The van der Waals surface area contributed by atoms with E-state index in [1.54, 1.807) is 6.07 Å². The molecule has 8 heteroatoms. The number of para-hydroxylation sites is 1. The number of rotatable bonds is 6. The number of halogens is 3. The summed E-state index contributed by atoms with van der Waals surface area (Å²) in [7, 11) is 0. The van der Waals surface area contributed by atoms with Crippen LogP contribution in [0.5, 0.6) is 5.75 Å². The lowest BCUT2D eigenvalue weighted by Gasteiger charge is -2.15. The van der Waals surface area contributed by atoms with Gasteiger partial charge in [0.2, 0.25) is 11.7 Å². The van der Waals surface area contributed by atoms with E-state index in [2.05, 4.69) is 15.0 Å². The molecule has 0 unspecified atom stereocenters. The molecule has 0 N–H and O–H groups in total. The molecule has 0 amide bonds. The van der Waals surface area contributed by atoms with E-state index in [0.29, 0.717) is 18.1 Å². The van der Waals surface area contributed by atoms with Crippen molar-refractivity contribution in [3.05, 3.63) is 66.1 Å². The van der Waals surface area contributed by atoms with Crippen molar-refractivity contribution in [2.45, 2.75) is 18.5 Å². The van der Waals surface area contributed by atoms with Gasteiger partial charge in [-0.1, -0.05) is 35.5 Å². The van der Waals surface area contributed by atoms with E-state index in [0.717, 1.165) is 43.9 Å². The predicted molar refractivity (Wildman–Crippen MR) is 100 cm³/mol. The number of aromatic nitrogens is 2. The highest BCUT2D eigenvalue weighted by Crippen LogP contribution is 2.32.